The van der Waals surface area contributed by atoms with Crippen LogP contribution in [-0.4, -0.2) is 4.98 Å². The molecule has 22 heavy (non-hydrogen) atoms. The van der Waals surface area contributed by atoms with E-state index in [2.05, 4.69) is 73.4 Å². The molecule has 0 aliphatic carbocycles. The largest absolute Gasteiger partial charge is 0.256 e. The molecule has 0 saturated carbocycles. The van der Waals surface area contributed by atoms with Gasteiger partial charge in [0.15, 0.2) is 0 Å². The standard InChI is InChI=1S/C21H21N/c1-3-16-11-8-12-17(4-2)21(16)19-13-14-22-20(15-19)18-9-6-5-7-10-18/h5-15H,3-4H2,1-2H3. The van der Waals surface area contributed by atoms with E-state index < -0.39 is 0 Å². The van der Waals surface area contributed by atoms with Crippen LogP contribution < -0.4 is 0 Å². The summed E-state index contributed by atoms with van der Waals surface area (Å²) < 4.78 is 0. The number of nitrogens with zero attached hydrogens (tertiary/aromatic N) is 1. The van der Waals surface area contributed by atoms with Crippen LogP contribution in [-0.2, 0) is 12.8 Å². The van der Waals surface area contributed by atoms with Gasteiger partial charge in [0.25, 0.3) is 0 Å². The van der Waals surface area contributed by atoms with Gasteiger partial charge in [-0.1, -0.05) is 62.4 Å². The van der Waals surface area contributed by atoms with Gasteiger partial charge in [-0.3, -0.25) is 4.98 Å². The van der Waals surface area contributed by atoms with Crippen LogP contribution in [0.3, 0.4) is 0 Å². The first kappa shape index (κ1) is 14.5. The van der Waals surface area contributed by atoms with E-state index in [0.717, 1.165) is 24.1 Å². The van der Waals surface area contributed by atoms with Crippen molar-refractivity contribution in [1.29, 1.82) is 0 Å². The summed E-state index contributed by atoms with van der Waals surface area (Å²) in [4.78, 5) is 4.55. The molecule has 1 heteroatoms. The first-order valence-corrected chi connectivity index (χ1v) is 7.96. The Balaban J connectivity index is 2.14. The number of hydrogen-bond acceptors (Lipinski definition) is 1. The molecule has 0 bridgehead atoms. The normalized spacial score (nSPS) is 10.6. The fourth-order valence-corrected chi connectivity index (χ4v) is 2.97. The molecule has 0 unspecified atom stereocenters. The molecule has 0 atom stereocenters. The Morgan fingerprint density at radius 2 is 1.41 bits per heavy atom. The Morgan fingerprint density at radius 1 is 0.727 bits per heavy atom. The van der Waals surface area contributed by atoms with Crippen molar-refractivity contribution >= 4 is 0 Å². The highest BCUT2D eigenvalue weighted by molar-refractivity contribution is 5.75. The van der Waals surface area contributed by atoms with Gasteiger partial charge in [0.1, 0.15) is 0 Å². The van der Waals surface area contributed by atoms with Gasteiger partial charge >= 0.3 is 0 Å². The Kier molecular flexibility index (Phi) is 4.34. The molecule has 0 fully saturated rings. The molecule has 3 rings (SSSR count). The molecule has 0 radical (unpaired) electrons. The Morgan fingerprint density at radius 3 is 2.05 bits per heavy atom. The second-order valence-electron chi connectivity index (χ2n) is 5.45. The highest BCUT2D eigenvalue weighted by atomic mass is 14.7. The van der Waals surface area contributed by atoms with Gasteiger partial charge in [-0.25, -0.2) is 0 Å². The van der Waals surface area contributed by atoms with Crippen LogP contribution in [0, 0.1) is 0 Å². The van der Waals surface area contributed by atoms with E-state index in [0.29, 0.717) is 0 Å². The number of hydrogen-bond donors (Lipinski definition) is 0. The molecule has 0 saturated heterocycles. The number of benzene rings is 2. The van der Waals surface area contributed by atoms with E-state index in [4.69, 9.17) is 0 Å². The lowest BCUT2D eigenvalue weighted by atomic mass is 9.91. The molecule has 3 aromatic rings. The van der Waals surface area contributed by atoms with Gasteiger partial charge in [-0.05, 0) is 47.2 Å². The number of aromatic nitrogens is 1. The lowest BCUT2D eigenvalue weighted by Crippen LogP contribution is -1.95. The summed E-state index contributed by atoms with van der Waals surface area (Å²) in [6.07, 6.45) is 4.02. The van der Waals surface area contributed by atoms with E-state index in [1.807, 2.05) is 12.3 Å². The molecule has 0 N–H and O–H groups in total. The van der Waals surface area contributed by atoms with Crippen LogP contribution in [0.4, 0.5) is 0 Å². The zero-order valence-electron chi connectivity index (χ0n) is 13.2. The second kappa shape index (κ2) is 6.57. The Labute approximate surface area is 132 Å². The fraction of sp³-hybridized carbons (Fsp3) is 0.190. The second-order valence-corrected chi connectivity index (χ2v) is 5.45. The molecule has 1 nitrogen and oxygen atoms in total. The predicted octanol–water partition coefficient (Wildman–Crippen LogP) is 5.54. The van der Waals surface area contributed by atoms with Crippen molar-refractivity contribution in [2.45, 2.75) is 26.7 Å². The minimum atomic E-state index is 1.03. The minimum absolute atomic E-state index is 1.03. The Hall–Kier alpha value is -2.41. The summed E-state index contributed by atoms with van der Waals surface area (Å²) in [7, 11) is 0. The first-order valence-electron chi connectivity index (χ1n) is 7.96. The van der Waals surface area contributed by atoms with Gasteiger partial charge in [-0.15, -0.1) is 0 Å². The maximum Gasteiger partial charge on any atom is 0.0708 e. The minimum Gasteiger partial charge on any atom is -0.256 e. The summed E-state index contributed by atoms with van der Waals surface area (Å²) in [5, 5.41) is 0. The van der Waals surface area contributed by atoms with Crippen molar-refractivity contribution in [3.8, 4) is 22.4 Å². The quantitative estimate of drug-likeness (QED) is 0.614. The lowest BCUT2D eigenvalue weighted by molar-refractivity contribution is 1.09. The van der Waals surface area contributed by atoms with E-state index in [1.165, 1.54) is 22.3 Å². The lowest BCUT2D eigenvalue weighted by Gasteiger charge is -2.14. The average molecular weight is 287 g/mol. The summed E-state index contributed by atoms with van der Waals surface area (Å²) in [6.45, 7) is 4.44. The van der Waals surface area contributed by atoms with Crippen molar-refractivity contribution in [2.24, 2.45) is 0 Å². The monoisotopic (exact) mass is 287 g/mol. The smallest absolute Gasteiger partial charge is 0.0708 e. The first-order chi connectivity index (χ1) is 10.8. The molecular formula is C21H21N. The molecule has 1 aromatic heterocycles. The van der Waals surface area contributed by atoms with Crippen LogP contribution in [0.25, 0.3) is 22.4 Å². The van der Waals surface area contributed by atoms with Crippen LogP contribution in [0.1, 0.15) is 25.0 Å². The third kappa shape index (κ3) is 2.80. The maximum atomic E-state index is 4.55. The molecule has 1 heterocycles. The topological polar surface area (TPSA) is 12.9 Å². The van der Waals surface area contributed by atoms with Crippen molar-refractivity contribution in [2.75, 3.05) is 0 Å². The van der Waals surface area contributed by atoms with Crippen molar-refractivity contribution < 1.29 is 0 Å². The highest BCUT2D eigenvalue weighted by Crippen LogP contribution is 2.31. The van der Waals surface area contributed by atoms with Crippen molar-refractivity contribution in [1.82, 2.24) is 4.98 Å². The summed E-state index contributed by atoms with van der Waals surface area (Å²) in [5.41, 5.74) is 7.66. The van der Waals surface area contributed by atoms with Crippen LogP contribution in [0.5, 0.6) is 0 Å². The Bertz CT molecular complexity index is 738. The van der Waals surface area contributed by atoms with E-state index >= 15 is 0 Å². The number of aryl methyl sites for hydroxylation is 2. The van der Waals surface area contributed by atoms with Crippen LogP contribution in [0.2, 0.25) is 0 Å². The van der Waals surface area contributed by atoms with E-state index in [1.54, 1.807) is 0 Å². The van der Waals surface area contributed by atoms with Crippen molar-refractivity contribution in [3.63, 3.8) is 0 Å². The summed E-state index contributed by atoms with van der Waals surface area (Å²) >= 11 is 0. The molecule has 0 amide bonds. The van der Waals surface area contributed by atoms with Crippen molar-refractivity contribution in [3.05, 3.63) is 78.0 Å². The average Bonchev–Trinajstić information content (AvgIpc) is 2.61. The van der Waals surface area contributed by atoms with Gasteiger partial charge in [0.2, 0.25) is 0 Å². The molecular weight excluding hydrogens is 266 g/mol. The molecule has 0 aliphatic rings. The molecule has 0 spiro atoms. The van der Waals surface area contributed by atoms with Gasteiger partial charge in [0, 0.05) is 11.8 Å². The zero-order chi connectivity index (χ0) is 15.4. The summed E-state index contributed by atoms with van der Waals surface area (Å²) in [5.74, 6) is 0. The predicted molar refractivity (Wildman–Crippen MR) is 93.9 cm³/mol. The molecule has 0 aliphatic heterocycles. The third-order valence-corrected chi connectivity index (χ3v) is 4.12. The van der Waals surface area contributed by atoms with E-state index in [9.17, 15) is 0 Å². The number of rotatable bonds is 4. The van der Waals surface area contributed by atoms with E-state index in [-0.39, 0.29) is 0 Å². The molecule has 110 valence electrons. The maximum absolute atomic E-state index is 4.55. The van der Waals surface area contributed by atoms with Crippen LogP contribution in [0.15, 0.2) is 66.9 Å². The van der Waals surface area contributed by atoms with Gasteiger partial charge in [0.05, 0.1) is 5.69 Å². The highest BCUT2D eigenvalue weighted by Gasteiger charge is 2.10. The van der Waals surface area contributed by atoms with Gasteiger partial charge in [-0.2, -0.15) is 0 Å². The summed E-state index contributed by atoms with van der Waals surface area (Å²) in [6, 6.07) is 21.3. The molecule has 2 aromatic carbocycles. The third-order valence-electron chi connectivity index (χ3n) is 4.12. The SMILES string of the molecule is CCc1cccc(CC)c1-c1ccnc(-c2ccccc2)c1. The van der Waals surface area contributed by atoms with Crippen LogP contribution >= 0.6 is 0 Å². The number of pyridine rings is 1. The zero-order valence-corrected chi connectivity index (χ0v) is 13.2. The van der Waals surface area contributed by atoms with Gasteiger partial charge < -0.3 is 0 Å². The fourth-order valence-electron chi connectivity index (χ4n) is 2.97.